The molecule has 0 bridgehead atoms. The van der Waals surface area contributed by atoms with E-state index in [9.17, 15) is 13.2 Å². The van der Waals surface area contributed by atoms with E-state index in [1.54, 1.807) is 0 Å². The van der Waals surface area contributed by atoms with E-state index in [1.807, 2.05) is 6.92 Å². The number of ether oxygens (including phenoxy) is 1. The summed E-state index contributed by atoms with van der Waals surface area (Å²) >= 11 is 6.07. The SMILES string of the molecule is CCC[C@H](C)NC(=O)[C@@H]1CCCN(S(=O)(=O)c2ccc(OC)c(Cl)c2)C1. The van der Waals surface area contributed by atoms with Gasteiger partial charge in [0.1, 0.15) is 5.75 Å². The Balaban J connectivity index is 2.12. The third-order valence-electron chi connectivity index (χ3n) is 4.63. The zero-order valence-corrected chi connectivity index (χ0v) is 17.1. The predicted octanol–water partition coefficient (Wildman–Crippen LogP) is 3.05. The number of halogens is 1. The highest BCUT2D eigenvalue weighted by Gasteiger charge is 2.33. The Bertz CT molecular complexity index is 739. The van der Waals surface area contributed by atoms with Gasteiger partial charge in [-0.25, -0.2) is 8.42 Å². The molecule has 0 saturated carbocycles. The van der Waals surface area contributed by atoms with E-state index in [-0.39, 0.29) is 34.3 Å². The Morgan fingerprint density at radius 3 is 2.81 bits per heavy atom. The van der Waals surface area contributed by atoms with Gasteiger partial charge in [-0.1, -0.05) is 24.9 Å². The van der Waals surface area contributed by atoms with Crippen LogP contribution in [0.1, 0.15) is 39.5 Å². The van der Waals surface area contributed by atoms with Crippen LogP contribution in [0.2, 0.25) is 5.02 Å². The average molecular weight is 403 g/mol. The van der Waals surface area contributed by atoms with Crippen LogP contribution in [0.3, 0.4) is 0 Å². The van der Waals surface area contributed by atoms with Crippen LogP contribution < -0.4 is 10.1 Å². The molecule has 0 spiro atoms. The molecule has 8 heteroatoms. The fraction of sp³-hybridized carbons (Fsp3) is 0.611. The van der Waals surface area contributed by atoms with Gasteiger partial charge in [0.05, 0.1) is 22.9 Å². The van der Waals surface area contributed by atoms with Crippen molar-refractivity contribution >= 4 is 27.5 Å². The van der Waals surface area contributed by atoms with Gasteiger partial charge >= 0.3 is 0 Å². The molecule has 1 aliphatic rings. The third-order valence-corrected chi connectivity index (χ3v) is 6.78. The molecule has 2 rings (SSSR count). The van der Waals surface area contributed by atoms with E-state index >= 15 is 0 Å². The van der Waals surface area contributed by atoms with Gasteiger partial charge in [0, 0.05) is 19.1 Å². The lowest BCUT2D eigenvalue weighted by atomic mass is 9.98. The molecule has 1 N–H and O–H groups in total. The summed E-state index contributed by atoms with van der Waals surface area (Å²) in [6.45, 7) is 4.63. The number of hydrogen-bond acceptors (Lipinski definition) is 4. The Morgan fingerprint density at radius 1 is 1.46 bits per heavy atom. The topological polar surface area (TPSA) is 75.7 Å². The van der Waals surface area contributed by atoms with Gasteiger partial charge in [-0.05, 0) is 44.4 Å². The molecule has 1 fully saturated rings. The second kappa shape index (κ2) is 9.06. The molecule has 0 aromatic heterocycles. The number of benzene rings is 1. The first-order chi connectivity index (χ1) is 12.3. The molecular formula is C18H27ClN2O4S. The Morgan fingerprint density at radius 2 is 2.19 bits per heavy atom. The molecule has 2 atom stereocenters. The lowest BCUT2D eigenvalue weighted by molar-refractivity contribution is -0.126. The van der Waals surface area contributed by atoms with Crippen LogP contribution in [0.4, 0.5) is 0 Å². The zero-order chi connectivity index (χ0) is 19.3. The first kappa shape index (κ1) is 21.0. The fourth-order valence-electron chi connectivity index (χ4n) is 3.20. The molecule has 1 amide bonds. The molecule has 1 aliphatic heterocycles. The maximum absolute atomic E-state index is 12.9. The number of hydrogen-bond donors (Lipinski definition) is 1. The lowest BCUT2D eigenvalue weighted by Gasteiger charge is -2.32. The molecule has 1 aromatic rings. The number of nitrogens with zero attached hydrogens (tertiary/aromatic N) is 1. The molecule has 1 aromatic carbocycles. The van der Waals surface area contributed by atoms with Crippen LogP contribution in [0.15, 0.2) is 23.1 Å². The standard InChI is InChI=1S/C18H27ClN2O4S/c1-4-6-13(2)20-18(22)14-7-5-10-21(12-14)26(23,24)15-8-9-17(25-3)16(19)11-15/h8-9,11,13-14H,4-7,10,12H2,1-3H3,(H,20,22)/t13-,14+/m0/s1. The highest BCUT2D eigenvalue weighted by Crippen LogP contribution is 2.30. The summed E-state index contributed by atoms with van der Waals surface area (Å²) in [5.41, 5.74) is 0. The smallest absolute Gasteiger partial charge is 0.243 e. The quantitative estimate of drug-likeness (QED) is 0.760. The van der Waals surface area contributed by atoms with Crippen molar-refractivity contribution in [1.29, 1.82) is 0 Å². The number of methoxy groups -OCH3 is 1. The Hall–Kier alpha value is -1.31. The van der Waals surface area contributed by atoms with Crippen LogP contribution in [-0.2, 0) is 14.8 Å². The first-order valence-electron chi connectivity index (χ1n) is 8.93. The largest absolute Gasteiger partial charge is 0.495 e. The van der Waals surface area contributed by atoms with Crippen molar-refractivity contribution in [3.8, 4) is 5.75 Å². The second-order valence-electron chi connectivity index (χ2n) is 6.70. The summed E-state index contributed by atoms with van der Waals surface area (Å²) in [5.74, 6) is 0.0246. The average Bonchev–Trinajstić information content (AvgIpc) is 2.61. The number of carbonyl (C=O) groups is 1. The van der Waals surface area contributed by atoms with Crippen molar-refractivity contribution < 1.29 is 17.9 Å². The Labute approximate surface area is 160 Å². The van der Waals surface area contributed by atoms with Gasteiger partial charge in [-0.3, -0.25) is 4.79 Å². The van der Waals surface area contributed by atoms with Gasteiger partial charge < -0.3 is 10.1 Å². The lowest BCUT2D eigenvalue weighted by Crippen LogP contribution is -2.47. The first-order valence-corrected chi connectivity index (χ1v) is 10.8. The molecule has 26 heavy (non-hydrogen) atoms. The van der Waals surface area contributed by atoms with Crippen LogP contribution in [0.25, 0.3) is 0 Å². The number of piperidine rings is 1. The van der Waals surface area contributed by atoms with Crippen LogP contribution >= 0.6 is 11.6 Å². The molecule has 1 saturated heterocycles. The van der Waals surface area contributed by atoms with E-state index in [1.165, 1.54) is 29.6 Å². The number of sulfonamides is 1. The summed E-state index contributed by atoms with van der Waals surface area (Å²) in [4.78, 5) is 12.6. The minimum Gasteiger partial charge on any atom is -0.495 e. The van der Waals surface area contributed by atoms with E-state index < -0.39 is 10.0 Å². The van der Waals surface area contributed by atoms with Crippen molar-refractivity contribution in [2.24, 2.45) is 5.92 Å². The van der Waals surface area contributed by atoms with Crippen LogP contribution in [0.5, 0.6) is 5.75 Å². The van der Waals surface area contributed by atoms with Crippen molar-refractivity contribution in [2.45, 2.75) is 50.5 Å². The van der Waals surface area contributed by atoms with E-state index in [2.05, 4.69) is 12.2 Å². The summed E-state index contributed by atoms with van der Waals surface area (Å²) in [6.07, 6.45) is 3.25. The molecule has 0 radical (unpaired) electrons. The predicted molar refractivity (Wildman–Crippen MR) is 102 cm³/mol. The molecule has 0 aliphatic carbocycles. The van der Waals surface area contributed by atoms with Gasteiger partial charge in [-0.15, -0.1) is 0 Å². The minimum absolute atomic E-state index is 0.0707. The monoisotopic (exact) mass is 402 g/mol. The molecule has 146 valence electrons. The van der Waals surface area contributed by atoms with Crippen molar-refractivity contribution in [1.82, 2.24) is 9.62 Å². The minimum atomic E-state index is -3.70. The molecular weight excluding hydrogens is 376 g/mol. The molecule has 6 nitrogen and oxygen atoms in total. The summed E-state index contributed by atoms with van der Waals surface area (Å²) in [7, 11) is -2.23. The van der Waals surface area contributed by atoms with Gasteiger partial charge in [-0.2, -0.15) is 4.31 Å². The highest BCUT2D eigenvalue weighted by molar-refractivity contribution is 7.89. The van der Waals surface area contributed by atoms with Crippen molar-refractivity contribution in [2.75, 3.05) is 20.2 Å². The highest BCUT2D eigenvalue weighted by atomic mass is 35.5. The van der Waals surface area contributed by atoms with Gasteiger partial charge in [0.2, 0.25) is 15.9 Å². The maximum atomic E-state index is 12.9. The van der Waals surface area contributed by atoms with Gasteiger partial charge in [0.15, 0.2) is 0 Å². The summed E-state index contributed by atoms with van der Waals surface area (Å²) < 4.78 is 32.3. The zero-order valence-electron chi connectivity index (χ0n) is 15.5. The van der Waals surface area contributed by atoms with Crippen molar-refractivity contribution in [3.05, 3.63) is 23.2 Å². The number of amides is 1. The number of rotatable bonds is 7. The van der Waals surface area contributed by atoms with E-state index in [0.29, 0.717) is 25.1 Å². The number of carbonyl (C=O) groups excluding carboxylic acids is 1. The maximum Gasteiger partial charge on any atom is 0.243 e. The van der Waals surface area contributed by atoms with E-state index in [0.717, 1.165) is 12.8 Å². The van der Waals surface area contributed by atoms with Crippen molar-refractivity contribution in [3.63, 3.8) is 0 Å². The molecule has 0 unspecified atom stereocenters. The normalized spacial score (nSPS) is 19.8. The van der Waals surface area contributed by atoms with E-state index in [4.69, 9.17) is 16.3 Å². The van der Waals surface area contributed by atoms with Gasteiger partial charge in [0.25, 0.3) is 0 Å². The summed E-state index contributed by atoms with van der Waals surface area (Å²) in [5, 5.41) is 3.23. The molecule has 1 heterocycles. The third kappa shape index (κ3) is 4.90. The number of nitrogens with one attached hydrogen (secondary N) is 1. The fourth-order valence-corrected chi connectivity index (χ4v) is 5.07. The Kier molecular flexibility index (Phi) is 7.32. The summed E-state index contributed by atoms with van der Waals surface area (Å²) in [6, 6.07) is 4.51. The van der Waals surface area contributed by atoms with Crippen LogP contribution in [-0.4, -0.2) is 44.9 Å². The van der Waals surface area contributed by atoms with Crippen LogP contribution in [0, 0.1) is 5.92 Å². The second-order valence-corrected chi connectivity index (χ2v) is 9.04.